The molecule has 16 heavy (non-hydrogen) atoms. The predicted octanol–water partition coefficient (Wildman–Crippen LogP) is 1.66. The molecule has 2 atom stereocenters. The molecule has 1 N–H and O–H groups in total. The van der Waals surface area contributed by atoms with Crippen LogP contribution in [0.3, 0.4) is 0 Å². The average molecular weight is 247 g/mol. The summed E-state index contributed by atoms with van der Waals surface area (Å²) >= 11 is 0. The molecule has 1 heterocycles. The highest BCUT2D eigenvalue weighted by molar-refractivity contribution is 5.85. The molecular formula is C12H23ClN2O. The van der Waals surface area contributed by atoms with Gasteiger partial charge < -0.3 is 10.2 Å². The average Bonchev–Trinajstić information content (AvgIpc) is 2.87. The van der Waals surface area contributed by atoms with Crippen molar-refractivity contribution in [2.24, 2.45) is 11.3 Å². The minimum absolute atomic E-state index is 0. The summed E-state index contributed by atoms with van der Waals surface area (Å²) in [7, 11) is 1.99. The molecule has 2 fully saturated rings. The SMILES string of the molecule is CNC1CCCN(C(=O)C2CC2(C)C)C1.Cl. The molecule has 1 saturated carbocycles. The molecule has 1 amide bonds. The Balaban J connectivity index is 0.00000128. The number of rotatable bonds is 2. The summed E-state index contributed by atoms with van der Waals surface area (Å²) in [6, 6.07) is 0.504. The van der Waals surface area contributed by atoms with Crippen molar-refractivity contribution in [1.29, 1.82) is 0 Å². The molecule has 2 rings (SSSR count). The topological polar surface area (TPSA) is 32.3 Å². The molecule has 1 aliphatic carbocycles. The summed E-state index contributed by atoms with van der Waals surface area (Å²) in [5.74, 6) is 0.688. The Bertz CT molecular complexity index is 268. The van der Waals surface area contributed by atoms with Crippen molar-refractivity contribution >= 4 is 18.3 Å². The number of hydrogen-bond donors (Lipinski definition) is 1. The Kier molecular flexibility index (Phi) is 4.24. The van der Waals surface area contributed by atoms with Gasteiger partial charge in [0.05, 0.1) is 0 Å². The first kappa shape index (κ1) is 13.8. The lowest BCUT2D eigenvalue weighted by Gasteiger charge is -2.33. The van der Waals surface area contributed by atoms with Crippen LogP contribution in [-0.4, -0.2) is 37.0 Å². The number of nitrogens with zero attached hydrogens (tertiary/aromatic N) is 1. The van der Waals surface area contributed by atoms with Gasteiger partial charge in [0.15, 0.2) is 0 Å². The quantitative estimate of drug-likeness (QED) is 0.804. The second-order valence-corrected chi connectivity index (χ2v) is 5.66. The van der Waals surface area contributed by atoms with Crippen LogP contribution in [0.4, 0.5) is 0 Å². The Morgan fingerprint density at radius 3 is 2.56 bits per heavy atom. The molecule has 4 heteroatoms. The zero-order chi connectivity index (χ0) is 11.1. The highest BCUT2D eigenvalue weighted by Gasteiger charge is 2.52. The molecule has 0 bridgehead atoms. The van der Waals surface area contributed by atoms with Gasteiger partial charge in [-0.3, -0.25) is 4.79 Å². The smallest absolute Gasteiger partial charge is 0.226 e. The van der Waals surface area contributed by atoms with Gasteiger partial charge in [0.2, 0.25) is 5.91 Å². The van der Waals surface area contributed by atoms with Gasteiger partial charge in [-0.1, -0.05) is 13.8 Å². The largest absolute Gasteiger partial charge is 0.341 e. The van der Waals surface area contributed by atoms with Crippen LogP contribution in [0.15, 0.2) is 0 Å². The molecule has 3 nitrogen and oxygen atoms in total. The van der Waals surface area contributed by atoms with Crippen molar-refractivity contribution in [3.63, 3.8) is 0 Å². The summed E-state index contributed by atoms with van der Waals surface area (Å²) in [4.78, 5) is 14.2. The Morgan fingerprint density at radius 1 is 1.44 bits per heavy atom. The third-order valence-corrected chi connectivity index (χ3v) is 3.95. The van der Waals surface area contributed by atoms with Crippen molar-refractivity contribution in [3.05, 3.63) is 0 Å². The van der Waals surface area contributed by atoms with Gasteiger partial charge in [0, 0.05) is 25.0 Å². The van der Waals surface area contributed by atoms with Crippen LogP contribution in [0.5, 0.6) is 0 Å². The normalized spacial score (nSPS) is 31.8. The van der Waals surface area contributed by atoms with Crippen LogP contribution >= 0.6 is 12.4 Å². The van der Waals surface area contributed by atoms with Gasteiger partial charge in [0.1, 0.15) is 0 Å². The molecule has 0 spiro atoms. The lowest BCUT2D eigenvalue weighted by Crippen LogP contribution is -2.47. The number of carbonyl (C=O) groups is 1. The van der Waals surface area contributed by atoms with E-state index in [1.807, 2.05) is 7.05 Å². The van der Waals surface area contributed by atoms with E-state index in [0.717, 1.165) is 25.9 Å². The van der Waals surface area contributed by atoms with Crippen LogP contribution in [0.25, 0.3) is 0 Å². The van der Waals surface area contributed by atoms with Gasteiger partial charge in [-0.25, -0.2) is 0 Å². The molecule has 0 aromatic heterocycles. The van der Waals surface area contributed by atoms with Crippen molar-refractivity contribution < 1.29 is 4.79 Å². The van der Waals surface area contributed by atoms with E-state index < -0.39 is 0 Å². The zero-order valence-corrected chi connectivity index (χ0v) is 11.3. The van der Waals surface area contributed by atoms with Gasteiger partial charge >= 0.3 is 0 Å². The van der Waals surface area contributed by atoms with Crippen LogP contribution in [0, 0.1) is 11.3 Å². The van der Waals surface area contributed by atoms with Gasteiger partial charge in [-0.15, -0.1) is 12.4 Å². The summed E-state index contributed by atoms with van der Waals surface area (Å²) in [5, 5.41) is 3.27. The number of piperidine rings is 1. The van der Waals surface area contributed by atoms with Crippen molar-refractivity contribution in [3.8, 4) is 0 Å². The first-order chi connectivity index (χ1) is 7.04. The van der Waals surface area contributed by atoms with Crippen molar-refractivity contribution in [2.75, 3.05) is 20.1 Å². The molecule has 1 aliphatic heterocycles. The van der Waals surface area contributed by atoms with E-state index in [9.17, 15) is 4.79 Å². The number of likely N-dealkylation sites (tertiary alicyclic amines) is 1. The minimum Gasteiger partial charge on any atom is -0.341 e. The van der Waals surface area contributed by atoms with Crippen LogP contribution in [-0.2, 0) is 4.79 Å². The Labute approximate surface area is 104 Å². The molecule has 0 aromatic carbocycles. The molecule has 0 radical (unpaired) electrons. The molecule has 0 aromatic rings. The maximum Gasteiger partial charge on any atom is 0.226 e. The second-order valence-electron chi connectivity index (χ2n) is 5.66. The molecule has 2 aliphatic rings. The Morgan fingerprint density at radius 2 is 2.06 bits per heavy atom. The van der Waals surface area contributed by atoms with Gasteiger partial charge in [-0.2, -0.15) is 0 Å². The molecule has 94 valence electrons. The predicted molar refractivity (Wildman–Crippen MR) is 67.8 cm³/mol. The number of halogens is 1. The van der Waals surface area contributed by atoms with Crippen molar-refractivity contribution in [1.82, 2.24) is 10.2 Å². The van der Waals surface area contributed by atoms with E-state index in [0.29, 0.717) is 17.9 Å². The number of likely N-dealkylation sites (N-methyl/N-ethyl adjacent to an activating group) is 1. The Hall–Kier alpha value is -0.280. The van der Waals surface area contributed by atoms with E-state index in [-0.39, 0.29) is 17.8 Å². The van der Waals surface area contributed by atoms with Gasteiger partial charge in [0.25, 0.3) is 0 Å². The van der Waals surface area contributed by atoms with E-state index >= 15 is 0 Å². The van der Waals surface area contributed by atoms with E-state index in [1.54, 1.807) is 0 Å². The molecule has 1 saturated heterocycles. The summed E-state index contributed by atoms with van der Waals surface area (Å²) in [6.45, 7) is 6.25. The lowest BCUT2D eigenvalue weighted by molar-refractivity contribution is -0.134. The lowest BCUT2D eigenvalue weighted by atomic mass is 10.0. The highest BCUT2D eigenvalue weighted by atomic mass is 35.5. The van der Waals surface area contributed by atoms with E-state index in [4.69, 9.17) is 0 Å². The van der Waals surface area contributed by atoms with Crippen LogP contribution in [0.1, 0.15) is 33.1 Å². The minimum atomic E-state index is 0. The maximum absolute atomic E-state index is 12.1. The number of hydrogen-bond acceptors (Lipinski definition) is 2. The van der Waals surface area contributed by atoms with Crippen molar-refractivity contribution in [2.45, 2.75) is 39.2 Å². The zero-order valence-electron chi connectivity index (χ0n) is 10.5. The first-order valence-electron chi connectivity index (χ1n) is 6.00. The van der Waals surface area contributed by atoms with E-state index in [2.05, 4.69) is 24.1 Å². The highest BCUT2D eigenvalue weighted by Crippen LogP contribution is 2.52. The summed E-state index contributed by atoms with van der Waals surface area (Å²) in [6.07, 6.45) is 3.42. The molecule has 2 unspecified atom stereocenters. The first-order valence-corrected chi connectivity index (χ1v) is 6.00. The summed E-state index contributed by atoms with van der Waals surface area (Å²) in [5.41, 5.74) is 0.268. The fourth-order valence-corrected chi connectivity index (χ4v) is 2.52. The number of amides is 1. The summed E-state index contributed by atoms with van der Waals surface area (Å²) < 4.78 is 0. The standard InChI is InChI=1S/C12H22N2O.ClH/c1-12(2)7-10(12)11(15)14-6-4-5-9(8-14)13-3;/h9-10,13H,4-8H2,1-3H3;1H. The van der Waals surface area contributed by atoms with Gasteiger partial charge in [-0.05, 0) is 31.7 Å². The van der Waals surface area contributed by atoms with E-state index in [1.165, 1.54) is 6.42 Å². The molecular weight excluding hydrogens is 224 g/mol. The fraction of sp³-hybridized carbons (Fsp3) is 0.917. The number of nitrogens with one attached hydrogen (secondary N) is 1. The third kappa shape index (κ3) is 2.69. The number of carbonyl (C=O) groups excluding carboxylic acids is 1. The third-order valence-electron chi connectivity index (χ3n) is 3.95. The second kappa shape index (κ2) is 4.92. The maximum atomic E-state index is 12.1. The van der Waals surface area contributed by atoms with Crippen LogP contribution in [0.2, 0.25) is 0 Å². The monoisotopic (exact) mass is 246 g/mol. The van der Waals surface area contributed by atoms with Crippen LogP contribution < -0.4 is 5.32 Å². The fourth-order valence-electron chi connectivity index (χ4n) is 2.52.